The zero-order chi connectivity index (χ0) is 12.8. The third kappa shape index (κ3) is 3.70. The van der Waals surface area contributed by atoms with E-state index in [4.69, 9.17) is 4.74 Å². The zero-order valence-electron chi connectivity index (χ0n) is 11.5. The highest BCUT2D eigenvalue weighted by Gasteiger charge is 2.28. The standard InChI is InChI=1S/C15H26N2O/c1-12(13-7-9-18-10-8-13)17-15-6-4-2-3-5-14(15)11-16/h12-15,17H,2-10H2,1H3. The first-order valence-corrected chi connectivity index (χ1v) is 7.54. The van der Waals surface area contributed by atoms with Crippen LogP contribution in [-0.2, 0) is 4.74 Å². The lowest BCUT2D eigenvalue weighted by molar-refractivity contribution is 0.0535. The van der Waals surface area contributed by atoms with E-state index in [0.29, 0.717) is 12.1 Å². The lowest BCUT2D eigenvalue weighted by Gasteiger charge is -2.32. The van der Waals surface area contributed by atoms with Gasteiger partial charge in [-0.3, -0.25) is 0 Å². The minimum absolute atomic E-state index is 0.217. The van der Waals surface area contributed by atoms with Gasteiger partial charge in [0.25, 0.3) is 0 Å². The van der Waals surface area contributed by atoms with Crippen LogP contribution in [0.15, 0.2) is 0 Å². The number of ether oxygens (including phenoxy) is 1. The highest BCUT2D eigenvalue weighted by molar-refractivity contribution is 4.95. The van der Waals surface area contributed by atoms with Gasteiger partial charge in [0.2, 0.25) is 0 Å². The van der Waals surface area contributed by atoms with Crippen LogP contribution in [-0.4, -0.2) is 25.3 Å². The molecular formula is C15H26N2O. The number of nitrogens with one attached hydrogen (secondary N) is 1. The molecule has 3 unspecified atom stereocenters. The van der Waals surface area contributed by atoms with Crippen molar-refractivity contribution in [2.45, 2.75) is 64.0 Å². The van der Waals surface area contributed by atoms with Gasteiger partial charge in [-0.15, -0.1) is 0 Å². The number of rotatable bonds is 3. The van der Waals surface area contributed by atoms with Crippen LogP contribution in [0.1, 0.15) is 51.9 Å². The van der Waals surface area contributed by atoms with Crippen LogP contribution >= 0.6 is 0 Å². The molecule has 1 saturated carbocycles. The molecule has 18 heavy (non-hydrogen) atoms. The number of nitrogens with zero attached hydrogens (tertiary/aromatic N) is 1. The summed E-state index contributed by atoms with van der Waals surface area (Å²) in [4.78, 5) is 0. The Hall–Kier alpha value is -0.590. The van der Waals surface area contributed by atoms with E-state index in [-0.39, 0.29) is 5.92 Å². The summed E-state index contributed by atoms with van der Waals surface area (Å²) in [6, 6.07) is 3.45. The van der Waals surface area contributed by atoms with Gasteiger partial charge in [0.05, 0.1) is 12.0 Å². The minimum atomic E-state index is 0.217. The van der Waals surface area contributed by atoms with Crippen LogP contribution in [0.4, 0.5) is 0 Å². The van der Waals surface area contributed by atoms with Gasteiger partial charge >= 0.3 is 0 Å². The van der Waals surface area contributed by atoms with E-state index in [9.17, 15) is 5.26 Å². The molecular weight excluding hydrogens is 224 g/mol. The van der Waals surface area contributed by atoms with Crippen molar-refractivity contribution in [1.29, 1.82) is 5.26 Å². The van der Waals surface area contributed by atoms with Crippen LogP contribution in [0.5, 0.6) is 0 Å². The first-order chi connectivity index (χ1) is 8.81. The lowest BCUT2D eigenvalue weighted by Crippen LogP contribution is -2.45. The molecule has 3 atom stereocenters. The molecule has 2 rings (SSSR count). The Morgan fingerprint density at radius 2 is 1.83 bits per heavy atom. The van der Waals surface area contributed by atoms with Gasteiger partial charge < -0.3 is 10.1 Å². The van der Waals surface area contributed by atoms with E-state index in [0.717, 1.165) is 38.4 Å². The minimum Gasteiger partial charge on any atom is -0.381 e. The molecule has 2 fully saturated rings. The molecule has 3 heteroatoms. The molecule has 2 aliphatic rings. The van der Waals surface area contributed by atoms with Crippen LogP contribution in [0, 0.1) is 23.2 Å². The molecule has 0 amide bonds. The molecule has 1 N–H and O–H groups in total. The molecule has 0 radical (unpaired) electrons. The van der Waals surface area contributed by atoms with Crippen molar-refractivity contribution < 1.29 is 4.74 Å². The van der Waals surface area contributed by atoms with Crippen LogP contribution in [0.25, 0.3) is 0 Å². The fourth-order valence-electron chi connectivity index (χ4n) is 3.35. The second-order valence-electron chi connectivity index (χ2n) is 5.89. The molecule has 1 saturated heterocycles. The largest absolute Gasteiger partial charge is 0.381 e. The maximum atomic E-state index is 9.30. The number of nitriles is 1. The first-order valence-electron chi connectivity index (χ1n) is 7.54. The smallest absolute Gasteiger partial charge is 0.0672 e. The Morgan fingerprint density at radius 1 is 1.11 bits per heavy atom. The van der Waals surface area contributed by atoms with Crippen LogP contribution < -0.4 is 5.32 Å². The Labute approximate surface area is 111 Å². The highest BCUT2D eigenvalue weighted by atomic mass is 16.5. The fourth-order valence-corrected chi connectivity index (χ4v) is 3.35. The van der Waals surface area contributed by atoms with Crippen molar-refractivity contribution >= 4 is 0 Å². The third-order valence-corrected chi connectivity index (χ3v) is 4.63. The topological polar surface area (TPSA) is 45.0 Å². The quantitative estimate of drug-likeness (QED) is 0.783. The summed E-state index contributed by atoms with van der Waals surface area (Å²) in [7, 11) is 0. The second kappa shape index (κ2) is 7.11. The molecule has 1 aliphatic carbocycles. The summed E-state index contributed by atoms with van der Waals surface area (Å²) in [6.45, 7) is 4.10. The zero-order valence-corrected chi connectivity index (χ0v) is 11.5. The molecule has 0 bridgehead atoms. The fraction of sp³-hybridized carbons (Fsp3) is 0.933. The summed E-state index contributed by atoms with van der Waals surface area (Å²) >= 11 is 0. The van der Waals surface area contributed by atoms with Gasteiger partial charge in [-0.2, -0.15) is 5.26 Å². The van der Waals surface area contributed by atoms with E-state index < -0.39 is 0 Å². The molecule has 1 aliphatic heterocycles. The molecule has 0 spiro atoms. The van der Waals surface area contributed by atoms with Crippen molar-refractivity contribution in [3.05, 3.63) is 0 Å². The Morgan fingerprint density at radius 3 is 2.56 bits per heavy atom. The Kier molecular flexibility index (Phi) is 5.46. The molecule has 1 heterocycles. The van der Waals surface area contributed by atoms with Gasteiger partial charge in [-0.05, 0) is 38.5 Å². The Balaban J connectivity index is 1.87. The summed E-state index contributed by atoms with van der Waals surface area (Å²) in [5.74, 6) is 0.941. The van der Waals surface area contributed by atoms with Gasteiger partial charge in [0.1, 0.15) is 0 Å². The Bertz CT molecular complexity index is 281. The average Bonchev–Trinajstić information content (AvgIpc) is 2.64. The van der Waals surface area contributed by atoms with Crippen LogP contribution in [0.2, 0.25) is 0 Å². The van der Waals surface area contributed by atoms with E-state index in [1.165, 1.54) is 25.7 Å². The van der Waals surface area contributed by atoms with Crippen LogP contribution in [0.3, 0.4) is 0 Å². The average molecular weight is 250 g/mol. The monoisotopic (exact) mass is 250 g/mol. The van der Waals surface area contributed by atoms with E-state index in [1.807, 2.05) is 0 Å². The van der Waals surface area contributed by atoms with Gasteiger partial charge in [-0.1, -0.05) is 19.3 Å². The highest BCUT2D eigenvalue weighted by Crippen LogP contribution is 2.25. The van der Waals surface area contributed by atoms with Crippen molar-refractivity contribution in [3.63, 3.8) is 0 Å². The first kappa shape index (κ1) is 13.8. The summed E-state index contributed by atoms with van der Waals surface area (Å²) in [5, 5.41) is 13.1. The van der Waals surface area contributed by atoms with E-state index >= 15 is 0 Å². The maximum absolute atomic E-state index is 9.30. The van der Waals surface area contributed by atoms with Crippen molar-refractivity contribution in [2.24, 2.45) is 11.8 Å². The van der Waals surface area contributed by atoms with Gasteiger partial charge in [0, 0.05) is 25.3 Å². The van der Waals surface area contributed by atoms with E-state index in [2.05, 4.69) is 18.3 Å². The van der Waals surface area contributed by atoms with E-state index in [1.54, 1.807) is 0 Å². The lowest BCUT2D eigenvalue weighted by atomic mass is 9.89. The normalized spacial score (nSPS) is 32.4. The SMILES string of the molecule is CC(NC1CCCCCC1C#N)C1CCOCC1. The summed E-state index contributed by atoms with van der Waals surface area (Å²) in [6.07, 6.45) is 8.37. The molecule has 0 aromatic rings. The van der Waals surface area contributed by atoms with Crippen molar-refractivity contribution in [1.82, 2.24) is 5.32 Å². The van der Waals surface area contributed by atoms with Gasteiger partial charge in [-0.25, -0.2) is 0 Å². The summed E-state index contributed by atoms with van der Waals surface area (Å²) < 4.78 is 5.42. The third-order valence-electron chi connectivity index (χ3n) is 4.63. The van der Waals surface area contributed by atoms with Crippen molar-refractivity contribution in [2.75, 3.05) is 13.2 Å². The van der Waals surface area contributed by atoms with Gasteiger partial charge in [0.15, 0.2) is 0 Å². The second-order valence-corrected chi connectivity index (χ2v) is 5.89. The maximum Gasteiger partial charge on any atom is 0.0672 e. The molecule has 3 nitrogen and oxygen atoms in total. The summed E-state index contributed by atoms with van der Waals surface area (Å²) in [5.41, 5.74) is 0. The molecule has 102 valence electrons. The number of hydrogen-bond acceptors (Lipinski definition) is 3. The predicted molar refractivity (Wildman–Crippen MR) is 72.1 cm³/mol. The molecule has 0 aromatic heterocycles. The number of hydrogen-bond donors (Lipinski definition) is 1. The molecule has 0 aromatic carbocycles. The predicted octanol–water partition coefficient (Wildman–Crippen LogP) is 2.86. The van der Waals surface area contributed by atoms with Crippen molar-refractivity contribution in [3.8, 4) is 6.07 Å².